The summed E-state index contributed by atoms with van der Waals surface area (Å²) in [4.78, 5) is 10.2. The van der Waals surface area contributed by atoms with Gasteiger partial charge in [-0.2, -0.15) is 0 Å². The molecule has 7 nitrogen and oxygen atoms in total. The van der Waals surface area contributed by atoms with Crippen molar-refractivity contribution in [2.75, 3.05) is 30.3 Å². The maximum atomic E-state index is 12.1. The van der Waals surface area contributed by atoms with E-state index in [1.807, 2.05) is 0 Å². The number of methoxy groups -OCH3 is 1. The van der Waals surface area contributed by atoms with Gasteiger partial charge in [0.25, 0.3) is 5.69 Å². The van der Waals surface area contributed by atoms with Crippen molar-refractivity contribution in [2.45, 2.75) is 6.42 Å². The Bertz CT molecular complexity index is 599. The van der Waals surface area contributed by atoms with Gasteiger partial charge in [0.2, 0.25) is 10.0 Å². The number of sulfonamides is 1. The molecule has 0 fully saturated rings. The summed E-state index contributed by atoms with van der Waals surface area (Å²) < 4.78 is 30.2. The Labute approximate surface area is 111 Å². The molecule has 2 rings (SSSR count). The molecule has 0 N–H and O–H groups in total. The van der Waals surface area contributed by atoms with Gasteiger partial charge < -0.3 is 4.74 Å². The van der Waals surface area contributed by atoms with Gasteiger partial charge in [0.15, 0.2) is 0 Å². The number of nitro groups is 1. The van der Waals surface area contributed by atoms with Crippen LogP contribution >= 0.6 is 0 Å². The lowest BCUT2D eigenvalue weighted by Crippen LogP contribution is -2.32. The Balaban J connectivity index is 2.35. The Kier molecular flexibility index (Phi) is 3.72. The van der Waals surface area contributed by atoms with Crippen LogP contribution in [0.3, 0.4) is 0 Å². The third kappa shape index (κ3) is 2.69. The molecular formula is C11H14N2O5S. The highest BCUT2D eigenvalue weighted by molar-refractivity contribution is 7.92. The number of ether oxygens (including phenoxy) is 1. The van der Waals surface area contributed by atoms with E-state index in [4.69, 9.17) is 4.74 Å². The SMILES string of the molecule is COCCS(=O)(=O)N1CCc2ccc([N+](=O)[O-])cc21. The van der Waals surface area contributed by atoms with Crippen molar-refractivity contribution in [3.8, 4) is 0 Å². The number of nitro benzene ring substituents is 1. The van der Waals surface area contributed by atoms with E-state index in [1.54, 1.807) is 6.07 Å². The fraction of sp³-hybridized carbons (Fsp3) is 0.455. The largest absolute Gasteiger partial charge is 0.384 e. The van der Waals surface area contributed by atoms with Gasteiger partial charge in [-0.1, -0.05) is 6.07 Å². The summed E-state index contributed by atoms with van der Waals surface area (Å²) in [7, 11) is -2.06. The van der Waals surface area contributed by atoms with E-state index >= 15 is 0 Å². The third-order valence-corrected chi connectivity index (χ3v) is 4.75. The lowest BCUT2D eigenvalue weighted by molar-refractivity contribution is -0.384. The van der Waals surface area contributed by atoms with Gasteiger partial charge in [-0.05, 0) is 12.0 Å². The monoisotopic (exact) mass is 286 g/mol. The van der Waals surface area contributed by atoms with E-state index in [0.717, 1.165) is 5.56 Å². The summed E-state index contributed by atoms with van der Waals surface area (Å²) >= 11 is 0. The molecule has 1 aromatic rings. The molecule has 0 saturated carbocycles. The van der Waals surface area contributed by atoms with Crippen molar-refractivity contribution in [1.82, 2.24) is 0 Å². The number of anilines is 1. The van der Waals surface area contributed by atoms with E-state index in [9.17, 15) is 18.5 Å². The van der Waals surface area contributed by atoms with Crippen molar-refractivity contribution >= 4 is 21.4 Å². The first-order chi connectivity index (χ1) is 8.95. The summed E-state index contributed by atoms with van der Waals surface area (Å²) in [6.45, 7) is 0.422. The van der Waals surface area contributed by atoms with Crippen LogP contribution in [-0.4, -0.2) is 39.4 Å². The van der Waals surface area contributed by atoms with E-state index in [-0.39, 0.29) is 18.0 Å². The summed E-state index contributed by atoms with van der Waals surface area (Å²) in [5, 5.41) is 10.7. The number of rotatable bonds is 5. The van der Waals surface area contributed by atoms with Crippen molar-refractivity contribution < 1.29 is 18.1 Å². The minimum Gasteiger partial charge on any atom is -0.384 e. The fourth-order valence-corrected chi connectivity index (χ4v) is 3.48. The number of fused-ring (bicyclic) bond motifs is 1. The van der Waals surface area contributed by atoms with Crippen molar-refractivity contribution in [3.05, 3.63) is 33.9 Å². The molecular weight excluding hydrogens is 272 g/mol. The maximum absolute atomic E-state index is 12.1. The lowest BCUT2D eigenvalue weighted by Gasteiger charge is -2.19. The van der Waals surface area contributed by atoms with Gasteiger partial charge in [-0.15, -0.1) is 0 Å². The van der Waals surface area contributed by atoms with Gasteiger partial charge in [0.1, 0.15) is 0 Å². The Morgan fingerprint density at radius 2 is 2.21 bits per heavy atom. The second-order valence-electron chi connectivity index (χ2n) is 4.20. The van der Waals surface area contributed by atoms with Crippen LogP contribution < -0.4 is 4.31 Å². The van der Waals surface area contributed by atoms with Gasteiger partial charge in [0, 0.05) is 25.8 Å². The summed E-state index contributed by atoms with van der Waals surface area (Å²) in [6.07, 6.45) is 0.569. The van der Waals surface area contributed by atoms with E-state index in [1.165, 1.54) is 23.5 Å². The minimum absolute atomic E-state index is 0.100. The first-order valence-electron chi connectivity index (χ1n) is 5.72. The number of non-ortho nitro benzene ring substituents is 1. The third-order valence-electron chi connectivity index (χ3n) is 3.01. The molecule has 1 aliphatic rings. The summed E-state index contributed by atoms with van der Waals surface area (Å²) in [5.41, 5.74) is 1.12. The van der Waals surface area contributed by atoms with Crippen LogP contribution in [-0.2, 0) is 21.2 Å². The van der Waals surface area contributed by atoms with E-state index in [2.05, 4.69) is 0 Å². The van der Waals surface area contributed by atoms with Crippen LogP contribution in [0.2, 0.25) is 0 Å². The molecule has 0 saturated heterocycles. The molecule has 0 aliphatic carbocycles. The molecule has 1 aromatic carbocycles. The van der Waals surface area contributed by atoms with Crippen LogP contribution in [0.1, 0.15) is 5.56 Å². The predicted octanol–water partition coefficient (Wildman–Crippen LogP) is 0.934. The minimum atomic E-state index is -3.49. The number of hydrogen-bond acceptors (Lipinski definition) is 5. The molecule has 0 atom stereocenters. The van der Waals surface area contributed by atoms with Crippen LogP contribution in [0.4, 0.5) is 11.4 Å². The first kappa shape index (κ1) is 13.8. The number of hydrogen-bond donors (Lipinski definition) is 0. The van der Waals surface area contributed by atoms with Crippen molar-refractivity contribution in [1.29, 1.82) is 0 Å². The smallest absolute Gasteiger partial charge is 0.271 e. The molecule has 0 unspecified atom stereocenters. The normalized spacial score (nSPS) is 14.5. The first-order valence-corrected chi connectivity index (χ1v) is 7.33. The lowest BCUT2D eigenvalue weighted by atomic mass is 10.1. The molecule has 8 heteroatoms. The highest BCUT2D eigenvalue weighted by Crippen LogP contribution is 2.33. The highest BCUT2D eigenvalue weighted by atomic mass is 32.2. The standard InChI is InChI=1S/C11H14N2O5S/c1-18-6-7-19(16,17)12-5-4-9-2-3-10(13(14)15)8-11(9)12/h2-3,8H,4-7H2,1H3. The maximum Gasteiger partial charge on any atom is 0.271 e. The molecule has 0 bridgehead atoms. The highest BCUT2D eigenvalue weighted by Gasteiger charge is 2.30. The molecule has 0 spiro atoms. The molecule has 104 valence electrons. The fourth-order valence-electron chi connectivity index (χ4n) is 2.04. The topological polar surface area (TPSA) is 89.8 Å². The molecule has 0 radical (unpaired) electrons. The zero-order valence-electron chi connectivity index (χ0n) is 10.4. The average Bonchev–Trinajstić information content (AvgIpc) is 2.79. The summed E-state index contributed by atoms with van der Waals surface area (Å²) in [6, 6.07) is 4.32. The Hall–Kier alpha value is -1.67. The average molecular weight is 286 g/mol. The molecule has 19 heavy (non-hydrogen) atoms. The van der Waals surface area contributed by atoms with Crippen molar-refractivity contribution in [3.63, 3.8) is 0 Å². The molecule has 1 heterocycles. The van der Waals surface area contributed by atoms with Gasteiger partial charge in [-0.3, -0.25) is 14.4 Å². The van der Waals surface area contributed by atoms with E-state index in [0.29, 0.717) is 18.7 Å². The van der Waals surface area contributed by atoms with E-state index < -0.39 is 14.9 Å². The van der Waals surface area contributed by atoms with Gasteiger partial charge >= 0.3 is 0 Å². The van der Waals surface area contributed by atoms with Gasteiger partial charge in [-0.25, -0.2) is 8.42 Å². The molecule has 0 amide bonds. The zero-order valence-corrected chi connectivity index (χ0v) is 11.2. The quantitative estimate of drug-likeness (QED) is 0.593. The van der Waals surface area contributed by atoms with Crippen molar-refractivity contribution in [2.24, 2.45) is 0 Å². The van der Waals surface area contributed by atoms with Crippen LogP contribution in [0.15, 0.2) is 18.2 Å². The zero-order chi connectivity index (χ0) is 14.0. The van der Waals surface area contributed by atoms with Crippen LogP contribution in [0, 0.1) is 10.1 Å². The number of benzene rings is 1. The van der Waals surface area contributed by atoms with Crippen LogP contribution in [0.5, 0.6) is 0 Å². The second-order valence-corrected chi connectivity index (χ2v) is 6.21. The Morgan fingerprint density at radius 1 is 1.47 bits per heavy atom. The predicted molar refractivity (Wildman–Crippen MR) is 69.8 cm³/mol. The number of nitrogens with zero attached hydrogens (tertiary/aromatic N) is 2. The molecule has 0 aromatic heterocycles. The Morgan fingerprint density at radius 3 is 2.84 bits per heavy atom. The second kappa shape index (κ2) is 5.14. The van der Waals surface area contributed by atoms with Crippen LogP contribution in [0.25, 0.3) is 0 Å². The summed E-state index contributed by atoms with van der Waals surface area (Å²) in [5.74, 6) is -0.133. The molecule has 1 aliphatic heterocycles. The van der Waals surface area contributed by atoms with Gasteiger partial charge in [0.05, 0.1) is 23.0 Å².